The summed E-state index contributed by atoms with van der Waals surface area (Å²) in [6.07, 6.45) is 0.477. The van der Waals surface area contributed by atoms with E-state index in [4.69, 9.17) is 4.74 Å². The number of carbonyl (C=O) groups is 1. The average molecular weight is 474 g/mol. The third-order valence-corrected chi connectivity index (χ3v) is 6.63. The molecular formula is C24H25F3N4O3. The van der Waals surface area contributed by atoms with Gasteiger partial charge in [0.05, 0.1) is 24.6 Å². The van der Waals surface area contributed by atoms with E-state index in [0.29, 0.717) is 12.0 Å². The maximum atomic E-state index is 12.9. The Hall–Kier alpha value is -3.27. The Morgan fingerprint density at radius 2 is 2.06 bits per heavy atom. The van der Waals surface area contributed by atoms with Crippen molar-refractivity contribution in [3.63, 3.8) is 0 Å². The van der Waals surface area contributed by atoms with Crippen molar-refractivity contribution in [3.05, 3.63) is 47.8 Å². The predicted molar refractivity (Wildman–Crippen MR) is 120 cm³/mol. The number of alkyl halides is 3. The summed E-state index contributed by atoms with van der Waals surface area (Å²) in [5.74, 6) is -0.135. The molecule has 1 fully saturated rings. The van der Waals surface area contributed by atoms with E-state index in [1.807, 2.05) is 28.8 Å². The fourth-order valence-electron chi connectivity index (χ4n) is 4.90. The van der Waals surface area contributed by atoms with Crippen LogP contribution in [0.1, 0.15) is 22.3 Å². The number of benzene rings is 1. The lowest BCUT2D eigenvalue weighted by molar-refractivity contribution is -0.141. The largest absolute Gasteiger partial charge is 0.496 e. The van der Waals surface area contributed by atoms with Gasteiger partial charge in [-0.05, 0) is 36.6 Å². The Morgan fingerprint density at radius 3 is 2.76 bits per heavy atom. The number of rotatable bonds is 5. The molecule has 7 nitrogen and oxygen atoms in total. The molecule has 2 aromatic heterocycles. The van der Waals surface area contributed by atoms with E-state index >= 15 is 0 Å². The van der Waals surface area contributed by atoms with Crippen molar-refractivity contribution in [1.29, 1.82) is 0 Å². The summed E-state index contributed by atoms with van der Waals surface area (Å²) in [4.78, 5) is 20.4. The number of hydrogen-bond acceptors (Lipinski definition) is 5. The van der Waals surface area contributed by atoms with Gasteiger partial charge in [0, 0.05) is 55.7 Å². The number of aliphatic hydroxyl groups excluding tert-OH is 1. The average Bonchev–Trinajstić information content (AvgIpc) is 3.46. The number of pyridine rings is 1. The second-order valence-corrected chi connectivity index (χ2v) is 8.84. The first-order valence-electron chi connectivity index (χ1n) is 11.2. The van der Waals surface area contributed by atoms with Crippen LogP contribution in [0.5, 0.6) is 5.75 Å². The Labute approximate surface area is 194 Å². The Bertz CT molecular complexity index is 1220. The number of nitrogens with zero attached hydrogens (tertiary/aromatic N) is 4. The number of ether oxygens (including phenoxy) is 1. The van der Waals surface area contributed by atoms with Crippen LogP contribution in [-0.2, 0) is 6.42 Å². The molecule has 180 valence electrons. The quantitative estimate of drug-likeness (QED) is 0.614. The second-order valence-electron chi connectivity index (χ2n) is 8.84. The molecule has 4 heterocycles. The van der Waals surface area contributed by atoms with Gasteiger partial charge in [0.1, 0.15) is 17.9 Å². The molecule has 0 radical (unpaired) electrons. The number of imidazole rings is 1. The van der Waals surface area contributed by atoms with Crippen LogP contribution in [-0.4, -0.2) is 71.4 Å². The molecule has 3 aromatic rings. The zero-order valence-electron chi connectivity index (χ0n) is 18.7. The van der Waals surface area contributed by atoms with Crippen LogP contribution < -0.4 is 9.64 Å². The van der Waals surface area contributed by atoms with E-state index in [1.54, 1.807) is 12.3 Å². The highest BCUT2D eigenvalue weighted by Crippen LogP contribution is 2.35. The van der Waals surface area contributed by atoms with E-state index in [0.717, 1.165) is 47.0 Å². The molecule has 0 aliphatic carbocycles. The number of anilines is 1. The summed E-state index contributed by atoms with van der Waals surface area (Å²) in [7, 11) is 1.41. The van der Waals surface area contributed by atoms with E-state index in [2.05, 4.69) is 9.88 Å². The first-order valence-corrected chi connectivity index (χ1v) is 11.2. The molecule has 1 atom stereocenters. The van der Waals surface area contributed by atoms with Crippen LogP contribution >= 0.6 is 0 Å². The van der Waals surface area contributed by atoms with E-state index in [1.165, 1.54) is 7.11 Å². The second kappa shape index (κ2) is 8.50. The van der Waals surface area contributed by atoms with Crippen molar-refractivity contribution in [2.75, 3.05) is 44.8 Å². The lowest BCUT2D eigenvalue weighted by Gasteiger charge is -2.30. The molecule has 2 aliphatic rings. The molecule has 34 heavy (non-hydrogen) atoms. The first-order chi connectivity index (χ1) is 16.3. The van der Waals surface area contributed by atoms with Crippen LogP contribution in [0.15, 0.2) is 36.7 Å². The molecule has 1 unspecified atom stereocenters. The van der Waals surface area contributed by atoms with Gasteiger partial charge in [-0.25, -0.2) is 4.98 Å². The summed E-state index contributed by atoms with van der Waals surface area (Å²) in [6.45, 7) is 0.599. The zero-order valence-corrected chi connectivity index (χ0v) is 18.7. The van der Waals surface area contributed by atoms with Crippen molar-refractivity contribution < 1.29 is 27.8 Å². The highest BCUT2D eigenvalue weighted by molar-refractivity contribution is 6.00. The van der Waals surface area contributed by atoms with Gasteiger partial charge in [0.25, 0.3) is 5.91 Å². The predicted octanol–water partition coefficient (Wildman–Crippen LogP) is 3.39. The normalized spacial score (nSPS) is 18.6. The van der Waals surface area contributed by atoms with Gasteiger partial charge in [0.2, 0.25) is 0 Å². The molecule has 1 amide bonds. The summed E-state index contributed by atoms with van der Waals surface area (Å²) < 4.78 is 46.0. The minimum atomic E-state index is -4.45. The molecular weight excluding hydrogens is 449 g/mol. The zero-order chi connectivity index (χ0) is 24.0. The summed E-state index contributed by atoms with van der Waals surface area (Å²) in [6, 6.07) is 7.52. The number of hydrogen-bond donors (Lipinski definition) is 1. The SMILES string of the molecule is COc1cc(-c2cnc3cc(N4CCC(CO)C4)ccn23)cc2c1C(=O)N(CC(F)(F)F)CC2. The lowest BCUT2D eigenvalue weighted by atomic mass is 9.94. The molecule has 10 heteroatoms. The molecule has 5 rings (SSSR count). The van der Waals surface area contributed by atoms with Crippen LogP contribution in [0.3, 0.4) is 0 Å². The molecule has 0 spiro atoms. The number of amides is 1. The fourth-order valence-corrected chi connectivity index (χ4v) is 4.90. The fraction of sp³-hybridized carbons (Fsp3) is 0.417. The van der Waals surface area contributed by atoms with Crippen molar-refractivity contribution in [3.8, 4) is 17.0 Å². The molecule has 2 aliphatic heterocycles. The van der Waals surface area contributed by atoms with Crippen LogP contribution in [0.2, 0.25) is 0 Å². The number of carbonyl (C=O) groups excluding carboxylic acids is 1. The molecule has 1 aromatic carbocycles. The Balaban J connectivity index is 1.48. The van der Waals surface area contributed by atoms with Crippen molar-refractivity contribution in [2.24, 2.45) is 5.92 Å². The van der Waals surface area contributed by atoms with Crippen molar-refractivity contribution >= 4 is 17.2 Å². The summed E-state index contributed by atoms with van der Waals surface area (Å²) in [5.41, 5.74) is 4.21. The van der Waals surface area contributed by atoms with E-state index in [-0.39, 0.29) is 30.4 Å². The molecule has 1 N–H and O–H groups in total. The maximum Gasteiger partial charge on any atom is 0.406 e. The Morgan fingerprint density at radius 1 is 1.24 bits per heavy atom. The smallest absolute Gasteiger partial charge is 0.406 e. The van der Waals surface area contributed by atoms with E-state index in [9.17, 15) is 23.1 Å². The minimum absolute atomic E-state index is 0.000861. The summed E-state index contributed by atoms with van der Waals surface area (Å²) in [5, 5.41) is 9.41. The highest BCUT2D eigenvalue weighted by atomic mass is 19.4. The number of fused-ring (bicyclic) bond motifs is 2. The third kappa shape index (κ3) is 4.06. The monoisotopic (exact) mass is 474 g/mol. The van der Waals surface area contributed by atoms with Crippen molar-refractivity contribution in [2.45, 2.75) is 19.0 Å². The standard InChI is InChI=1S/C24H25F3N4O3/c1-34-20-9-17(8-16-3-6-30(14-24(25,26)27)23(33)22(16)20)19-11-28-21-10-18(4-7-31(19)21)29-5-2-15(12-29)13-32/h4,7-11,15,32H,2-3,5-6,12-14H2,1H3. The van der Waals surface area contributed by atoms with Crippen LogP contribution in [0.25, 0.3) is 16.9 Å². The topological polar surface area (TPSA) is 70.3 Å². The Kier molecular flexibility index (Phi) is 5.63. The number of halogens is 3. The maximum absolute atomic E-state index is 12.9. The minimum Gasteiger partial charge on any atom is -0.496 e. The van der Waals surface area contributed by atoms with Gasteiger partial charge >= 0.3 is 6.18 Å². The van der Waals surface area contributed by atoms with Gasteiger partial charge in [0.15, 0.2) is 0 Å². The number of methoxy groups -OCH3 is 1. The summed E-state index contributed by atoms with van der Waals surface area (Å²) >= 11 is 0. The lowest BCUT2D eigenvalue weighted by Crippen LogP contribution is -2.43. The van der Waals surface area contributed by atoms with Crippen LogP contribution in [0.4, 0.5) is 18.9 Å². The van der Waals surface area contributed by atoms with Gasteiger partial charge in [-0.2, -0.15) is 13.2 Å². The van der Waals surface area contributed by atoms with Gasteiger partial charge in [-0.15, -0.1) is 0 Å². The van der Waals surface area contributed by atoms with Crippen molar-refractivity contribution in [1.82, 2.24) is 14.3 Å². The van der Waals surface area contributed by atoms with Gasteiger partial charge in [-0.1, -0.05) is 0 Å². The first kappa shape index (κ1) is 22.5. The third-order valence-electron chi connectivity index (χ3n) is 6.63. The number of aromatic nitrogens is 2. The highest BCUT2D eigenvalue weighted by Gasteiger charge is 2.37. The molecule has 0 bridgehead atoms. The number of aliphatic hydroxyl groups is 1. The van der Waals surface area contributed by atoms with E-state index < -0.39 is 18.6 Å². The van der Waals surface area contributed by atoms with Crippen LogP contribution in [0, 0.1) is 5.92 Å². The molecule has 1 saturated heterocycles. The van der Waals surface area contributed by atoms with Gasteiger partial charge < -0.3 is 19.6 Å². The molecule has 0 saturated carbocycles. The van der Waals surface area contributed by atoms with Gasteiger partial charge in [-0.3, -0.25) is 9.20 Å².